The zero-order valence-corrected chi connectivity index (χ0v) is 13.9. The van der Waals surface area contributed by atoms with E-state index in [1.807, 2.05) is 6.92 Å². The summed E-state index contributed by atoms with van der Waals surface area (Å²) in [7, 11) is 0. The first-order valence-electron chi connectivity index (χ1n) is 8.42. The summed E-state index contributed by atoms with van der Waals surface area (Å²) in [6.07, 6.45) is 1.68. The van der Waals surface area contributed by atoms with E-state index in [0.29, 0.717) is 6.42 Å². The van der Waals surface area contributed by atoms with Crippen molar-refractivity contribution in [1.29, 1.82) is 0 Å². The number of hydrogen-bond acceptors (Lipinski definition) is 6. The Kier molecular flexibility index (Phi) is 4.10. The predicted octanol–water partition coefficient (Wildman–Crippen LogP) is 1.85. The number of ether oxygens (including phenoxy) is 3. The summed E-state index contributed by atoms with van der Waals surface area (Å²) in [5.74, 6) is -0.833. The highest BCUT2D eigenvalue weighted by molar-refractivity contribution is 5.77. The van der Waals surface area contributed by atoms with E-state index in [9.17, 15) is 14.4 Å². The Balaban J connectivity index is 1.49. The van der Waals surface area contributed by atoms with Crippen molar-refractivity contribution in [3.8, 4) is 0 Å². The summed E-state index contributed by atoms with van der Waals surface area (Å²) in [5, 5.41) is 0. The van der Waals surface area contributed by atoms with Gasteiger partial charge in [0.15, 0.2) is 0 Å². The first-order chi connectivity index (χ1) is 10.9. The molecule has 1 heterocycles. The van der Waals surface area contributed by atoms with E-state index in [4.69, 9.17) is 14.2 Å². The Morgan fingerprint density at radius 1 is 1.39 bits per heavy atom. The summed E-state index contributed by atoms with van der Waals surface area (Å²) >= 11 is 0. The summed E-state index contributed by atoms with van der Waals surface area (Å²) in [4.78, 5) is 35.4. The molecule has 0 spiro atoms. The van der Waals surface area contributed by atoms with E-state index in [0.717, 1.165) is 12.8 Å². The Morgan fingerprint density at radius 2 is 2.13 bits per heavy atom. The van der Waals surface area contributed by atoms with Crippen LogP contribution in [0.2, 0.25) is 0 Å². The van der Waals surface area contributed by atoms with Crippen LogP contribution in [0.25, 0.3) is 0 Å². The zero-order valence-electron chi connectivity index (χ0n) is 13.9. The number of carbonyl (C=O) groups is 3. The normalized spacial score (nSPS) is 38.3. The molecule has 6 nitrogen and oxygen atoms in total. The lowest BCUT2D eigenvalue weighted by molar-refractivity contribution is -0.167. The van der Waals surface area contributed by atoms with Crippen LogP contribution in [0, 0.1) is 23.2 Å². The van der Waals surface area contributed by atoms with Crippen LogP contribution in [-0.4, -0.2) is 36.7 Å². The van der Waals surface area contributed by atoms with E-state index in [2.05, 4.69) is 6.92 Å². The molecule has 0 aromatic carbocycles. The molecule has 0 N–H and O–H groups in total. The van der Waals surface area contributed by atoms with Gasteiger partial charge in [-0.3, -0.25) is 14.4 Å². The SMILES string of the molecule is CCC(C)C(=O)OCCC(=O)OC1C2OC(=O)C3CC1(C)CC32. The molecule has 6 unspecified atom stereocenters. The van der Waals surface area contributed by atoms with Gasteiger partial charge >= 0.3 is 17.9 Å². The maximum atomic E-state index is 12.0. The summed E-state index contributed by atoms with van der Waals surface area (Å²) in [5.41, 5.74) is -0.171. The Labute approximate surface area is 135 Å². The molecule has 6 atom stereocenters. The minimum Gasteiger partial charge on any atom is -0.465 e. The molecule has 2 saturated carbocycles. The smallest absolute Gasteiger partial charge is 0.309 e. The second-order valence-corrected chi connectivity index (χ2v) is 7.37. The second kappa shape index (κ2) is 5.80. The molecule has 3 fully saturated rings. The molecule has 1 aliphatic heterocycles. The van der Waals surface area contributed by atoms with Gasteiger partial charge < -0.3 is 14.2 Å². The Hall–Kier alpha value is -1.59. The van der Waals surface area contributed by atoms with Gasteiger partial charge in [0.2, 0.25) is 0 Å². The molecular formula is C17H24O6. The number of fused-ring (bicyclic) bond motifs is 1. The highest BCUT2D eigenvalue weighted by Crippen LogP contribution is 2.62. The average Bonchev–Trinajstić information content (AvgIpc) is 3.06. The molecular weight excluding hydrogens is 300 g/mol. The number of hydrogen-bond donors (Lipinski definition) is 0. The predicted molar refractivity (Wildman–Crippen MR) is 79.1 cm³/mol. The van der Waals surface area contributed by atoms with Gasteiger partial charge in [-0.05, 0) is 19.3 Å². The van der Waals surface area contributed by atoms with Gasteiger partial charge in [0.25, 0.3) is 0 Å². The molecule has 3 aliphatic rings. The highest BCUT2D eigenvalue weighted by atomic mass is 16.6. The van der Waals surface area contributed by atoms with Crippen LogP contribution in [-0.2, 0) is 28.6 Å². The van der Waals surface area contributed by atoms with Gasteiger partial charge in [0, 0.05) is 11.3 Å². The van der Waals surface area contributed by atoms with E-state index >= 15 is 0 Å². The van der Waals surface area contributed by atoms with Gasteiger partial charge in [-0.1, -0.05) is 20.8 Å². The average molecular weight is 324 g/mol. The summed E-state index contributed by atoms with van der Waals surface area (Å²) < 4.78 is 16.1. The van der Waals surface area contributed by atoms with Crippen LogP contribution >= 0.6 is 0 Å². The molecule has 0 aromatic heterocycles. The van der Waals surface area contributed by atoms with Crippen molar-refractivity contribution in [2.24, 2.45) is 23.2 Å². The van der Waals surface area contributed by atoms with Crippen molar-refractivity contribution >= 4 is 17.9 Å². The number of carbonyl (C=O) groups excluding carboxylic acids is 3. The maximum Gasteiger partial charge on any atom is 0.309 e. The lowest BCUT2D eigenvalue weighted by Crippen LogP contribution is -2.41. The standard InChI is InChI=1S/C17H24O6/c1-4-9(2)15(19)21-6-5-12(18)22-14-13-10-7-17(14,3)8-11(10)16(20)23-13/h9-11,13-14H,4-8H2,1-3H3. The van der Waals surface area contributed by atoms with Crippen molar-refractivity contribution in [2.45, 2.75) is 58.7 Å². The molecule has 3 rings (SSSR count). The lowest BCUT2D eigenvalue weighted by Gasteiger charge is -2.32. The third-order valence-electron chi connectivity index (χ3n) is 5.69. The number of rotatable bonds is 6. The molecule has 2 bridgehead atoms. The van der Waals surface area contributed by atoms with Crippen molar-refractivity contribution in [3.05, 3.63) is 0 Å². The van der Waals surface area contributed by atoms with Crippen molar-refractivity contribution in [1.82, 2.24) is 0 Å². The maximum absolute atomic E-state index is 12.0. The molecule has 2 aliphatic carbocycles. The van der Waals surface area contributed by atoms with E-state index in [1.165, 1.54) is 0 Å². The molecule has 0 radical (unpaired) electrons. The van der Waals surface area contributed by atoms with E-state index < -0.39 is 5.97 Å². The zero-order chi connectivity index (χ0) is 16.8. The number of esters is 3. The van der Waals surface area contributed by atoms with Crippen LogP contribution in [0.3, 0.4) is 0 Å². The molecule has 128 valence electrons. The van der Waals surface area contributed by atoms with Crippen LogP contribution in [0.1, 0.15) is 46.5 Å². The van der Waals surface area contributed by atoms with Crippen LogP contribution < -0.4 is 0 Å². The van der Waals surface area contributed by atoms with Gasteiger partial charge in [0.05, 0.1) is 18.3 Å². The topological polar surface area (TPSA) is 78.9 Å². The highest BCUT2D eigenvalue weighted by Gasteiger charge is 2.68. The monoisotopic (exact) mass is 324 g/mol. The van der Waals surface area contributed by atoms with Gasteiger partial charge in [0.1, 0.15) is 18.8 Å². The third kappa shape index (κ3) is 2.72. The van der Waals surface area contributed by atoms with Gasteiger partial charge in [-0.15, -0.1) is 0 Å². The second-order valence-electron chi connectivity index (χ2n) is 7.37. The molecule has 23 heavy (non-hydrogen) atoms. The fourth-order valence-corrected chi connectivity index (χ4v) is 4.20. The van der Waals surface area contributed by atoms with E-state index in [1.54, 1.807) is 6.92 Å². The van der Waals surface area contributed by atoms with Gasteiger partial charge in [-0.2, -0.15) is 0 Å². The van der Waals surface area contributed by atoms with Crippen molar-refractivity contribution in [3.63, 3.8) is 0 Å². The largest absolute Gasteiger partial charge is 0.465 e. The summed E-state index contributed by atoms with van der Waals surface area (Å²) in [6, 6.07) is 0. The first kappa shape index (κ1) is 16.3. The molecule has 6 heteroatoms. The fourth-order valence-electron chi connectivity index (χ4n) is 4.20. The third-order valence-corrected chi connectivity index (χ3v) is 5.69. The van der Waals surface area contributed by atoms with Crippen LogP contribution in [0.15, 0.2) is 0 Å². The summed E-state index contributed by atoms with van der Waals surface area (Å²) in [6.45, 7) is 5.79. The Morgan fingerprint density at radius 3 is 2.83 bits per heavy atom. The Bertz CT molecular complexity index is 529. The first-order valence-corrected chi connectivity index (χ1v) is 8.42. The quantitative estimate of drug-likeness (QED) is 0.548. The fraction of sp³-hybridized carbons (Fsp3) is 0.824. The molecule has 0 aromatic rings. The minimum atomic E-state index is -0.403. The van der Waals surface area contributed by atoms with Crippen LogP contribution in [0.4, 0.5) is 0 Å². The van der Waals surface area contributed by atoms with E-state index in [-0.39, 0.29) is 60.3 Å². The van der Waals surface area contributed by atoms with Gasteiger partial charge in [-0.25, -0.2) is 0 Å². The van der Waals surface area contributed by atoms with Crippen molar-refractivity contribution < 1.29 is 28.6 Å². The minimum absolute atomic E-state index is 0.0172. The molecule has 1 saturated heterocycles. The molecule has 0 amide bonds. The van der Waals surface area contributed by atoms with Crippen LogP contribution in [0.5, 0.6) is 0 Å². The van der Waals surface area contributed by atoms with Crippen molar-refractivity contribution in [2.75, 3.05) is 6.61 Å². The lowest BCUT2D eigenvalue weighted by atomic mass is 9.79.